The van der Waals surface area contributed by atoms with E-state index < -0.39 is 11.7 Å². The summed E-state index contributed by atoms with van der Waals surface area (Å²) in [6.07, 6.45) is -1.19. The van der Waals surface area contributed by atoms with Gasteiger partial charge in [-0.3, -0.25) is 0 Å². The molecule has 68 valence electrons. The van der Waals surface area contributed by atoms with Crippen LogP contribution in [0.5, 0.6) is 0 Å². The van der Waals surface area contributed by atoms with E-state index >= 15 is 0 Å². The standard InChI is InChI=1S/C8H9F3S/c1-3-6(8(9,10)11)5-7(12)4-2/h3-5,12H,1H2,2H3/b6-5+,7-4+. The third-order valence-electron chi connectivity index (χ3n) is 1.15. The lowest BCUT2D eigenvalue weighted by molar-refractivity contribution is -0.0881. The first-order valence-corrected chi connectivity index (χ1v) is 3.63. The fraction of sp³-hybridized carbons (Fsp3) is 0.250. The second-order valence-corrected chi connectivity index (χ2v) is 2.53. The SMILES string of the molecule is C=C/C(=C\C(S)=C/C)C(F)(F)F. The van der Waals surface area contributed by atoms with Crippen LogP contribution < -0.4 is 0 Å². The normalized spacial score (nSPS) is 14.8. The molecular weight excluding hydrogens is 185 g/mol. The highest BCUT2D eigenvalue weighted by Gasteiger charge is 2.31. The Morgan fingerprint density at radius 3 is 2.17 bits per heavy atom. The zero-order valence-electron chi connectivity index (χ0n) is 6.52. The van der Waals surface area contributed by atoms with Gasteiger partial charge in [-0.25, -0.2) is 0 Å². The first-order valence-electron chi connectivity index (χ1n) is 3.18. The summed E-state index contributed by atoms with van der Waals surface area (Å²) in [6.45, 7) is 4.67. The summed E-state index contributed by atoms with van der Waals surface area (Å²) < 4.78 is 36.0. The minimum atomic E-state index is -4.35. The smallest absolute Gasteiger partial charge is 0.166 e. The number of hydrogen-bond donors (Lipinski definition) is 1. The van der Waals surface area contributed by atoms with Crippen molar-refractivity contribution < 1.29 is 13.2 Å². The molecule has 12 heavy (non-hydrogen) atoms. The predicted molar refractivity (Wildman–Crippen MR) is 47.1 cm³/mol. The van der Waals surface area contributed by atoms with Gasteiger partial charge in [0.25, 0.3) is 0 Å². The number of alkyl halides is 3. The molecule has 0 aromatic heterocycles. The van der Waals surface area contributed by atoms with Gasteiger partial charge < -0.3 is 0 Å². The van der Waals surface area contributed by atoms with Crippen LogP contribution in [0.15, 0.2) is 35.3 Å². The van der Waals surface area contributed by atoms with Crippen LogP contribution >= 0.6 is 12.6 Å². The molecule has 4 heteroatoms. The molecule has 0 fully saturated rings. The van der Waals surface area contributed by atoms with E-state index in [2.05, 4.69) is 19.2 Å². The summed E-state index contributed by atoms with van der Waals surface area (Å²) in [4.78, 5) is 0.266. The van der Waals surface area contributed by atoms with Gasteiger partial charge in [0.15, 0.2) is 0 Å². The lowest BCUT2D eigenvalue weighted by atomic mass is 10.2. The number of halogens is 3. The quantitative estimate of drug-likeness (QED) is 0.505. The molecule has 0 aromatic carbocycles. The van der Waals surface area contributed by atoms with Crippen molar-refractivity contribution in [2.75, 3.05) is 0 Å². The van der Waals surface area contributed by atoms with E-state index in [-0.39, 0.29) is 4.91 Å². The lowest BCUT2D eigenvalue weighted by Crippen LogP contribution is -2.09. The summed E-state index contributed by atoms with van der Waals surface area (Å²) in [5, 5.41) is 0. The van der Waals surface area contributed by atoms with Crippen LogP contribution in [-0.4, -0.2) is 6.18 Å². The Bertz CT molecular complexity index is 223. The Morgan fingerprint density at radius 1 is 1.42 bits per heavy atom. The van der Waals surface area contributed by atoms with E-state index in [9.17, 15) is 13.2 Å². The Hall–Kier alpha value is -0.640. The molecule has 0 spiro atoms. The summed E-state index contributed by atoms with van der Waals surface area (Å²) in [6, 6.07) is 0. The highest BCUT2D eigenvalue weighted by molar-refractivity contribution is 7.84. The average Bonchev–Trinajstić information content (AvgIpc) is 1.97. The van der Waals surface area contributed by atoms with Crippen molar-refractivity contribution in [3.05, 3.63) is 35.3 Å². The van der Waals surface area contributed by atoms with Crippen LogP contribution in [0.2, 0.25) is 0 Å². The van der Waals surface area contributed by atoms with Crippen LogP contribution in [-0.2, 0) is 0 Å². The van der Waals surface area contributed by atoms with Crippen LogP contribution in [0.25, 0.3) is 0 Å². The van der Waals surface area contributed by atoms with Crippen molar-refractivity contribution in [1.82, 2.24) is 0 Å². The molecule has 0 aliphatic rings. The maximum absolute atomic E-state index is 12.0. The molecule has 0 atom stereocenters. The molecular formula is C8H9F3S. The van der Waals surface area contributed by atoms with E-state index in [1.165, 1.54) is 6.08 Å². The molecule has 0 radical (unpaired) electrons. The minimum absolute atomic E-state index is 0.266. The van der Waals surface area contributed by atoms with Crippen LogP contribution in [0.1, 0.15) is 6.92 Å². The Kier molecular flexibility index (Phi) is 4.17. The van der Waals surface area contributed by atoms with Crippen LogP contribution in [0.4, 0.5) is 13.2 Å². The molecule has 0 aliphatic heterocycles. The van der Waals surface area contributed by atoms with E-state index in [4.69, 9.17) is 0 Å². The van der Waals surface area contributed by atoms with Gasteiger partial charge in [-0.2, -0.15) is 13.2 Å². The van der Waals surface area contributed by atoms with Crippen molar-refractivity contribution >= 4 is 12.6 Å². The van der Waals surface area contributed by atoms with Crippen molar-refractivity contribution in [2.45, 2.75) is 13.1 Å². The predicted octanol–water partition coefficient (Wildman–Crippen LogP) is 3.49. The molecule has 0 saturated heterocycles. The third-order valence-corrected chi connectivity index (χ3v) is 1.53. The average molecular weight is 194 g/mol. The van der Waals surface area contributed by atoms with Crippen molar-refractivity contribution in [3.8, 4) is 0 Å². The monoisotopic (exact) mass is 194 g/mol. The zero-order valence-corrected chi connectivity index (χ0v) is 7.41. The molecule has 0 aliphatic carbocycles. The van der Waals surface area contributed by atoms with Gasteiger partial charge in [-0.15, -0.1) is 12.6 Å². The van der Waals surface area contributed by atoms with E-state index in [1.807, 2.05) is 0 Å². The number of hydrogen-bond acceptors (Lipinski definition) is 1. The van der Waals surface area contributed by atoms with Gasteiger partial charge in [0, 0.05) is 4.91 Å². The third kappa shape index (κ3) is 3.67. The van der Waals surface area contributed by atoms with Crippen molar-refractivity contribution in [1.29, 1.82) is 0 Å². The molecule has 0 saturated carbocycles. The zero-order chi connectivity index (χ0) is 9.78. The maximum atomic E-state index is 12.0. The molecule has 0 N–H and O–H groups in total. The Labute approximate surface area is 74.9 Å². The molecule has 0 rings (SSSR count). The number of rotatable bonds is 2. The fourth-order valence-electron chi connectivity index (χ4n) is 0.499. The lowest BCUT2D eigenvalue weighted by Gasteiger charge is -2.06. The van der Waals surface area contributed by atoms with Gasteiger partial charge >= 0.3 is 6.18 Å². The van der Waals surface area contributed by atoms with Crippen molar-refractivity contribution in [3.63, 3.8) is 0 Å². The summed E-state index contributed by atoms with van der Waals surface area (Å²) in [7, 11) is 0. The molecule has 0 nitrogen and oxygen atoms in total. The molecule has 0 aromatic rings. The van der Waals surface area contributed by atoms with Crippen LogP contribution in [0, 0.1) is 0 Å². The van der Waals surface area contributed by atoms with Gasteiger partial charge in [-0.05, 0) is 13.0 Å². The molecule has 0 amide bonds. The largest absolute Gasteiger partial charge is 0.416 e. The molecule has 0 unspecified atom stereocenters. The number of allylic oxidation sites excluding steroid dienone is 4. The summed E-state index contributed by atoms with van der Waals surface area (Å²) in [5.41, 5.74) is -0.786. The number of thiol groups is 1. The van der Waals surface area contributed by atoms with Crippen LogP contribution in [0.3, 0.4) is 0 Å². The summed E-state index contributed by atoms with van der Waals surface area (Å²) >= 11 is 3.79. The van der Waals surface area contributed by atoms with E-state index in [1.54, 1.807) is 6.92 Å². The van der Waals surface area contributed by atoms with Gasteiger partial charge in [-0.1, -0.05) is 18.7 Å². The second-order valence-electron chi connectivity index (χ2n) is 2.02. The first-order chi connectivity index (χ1) is 5.41. The minimum Gasteiger partial charge on any atom is -0.166 e. The van der Waals surface area contributed by atoms with E-state index in [0.29, 0.717) is 0 Å². The van der Waals surface area contributed by atoms with Gasteiger partial charge in [0.05, 0.1) is 5.57 Å². The fourth-order valence-corrected chi connectivity index (χ4v) is 0.638. The first kappa shape index (κ1) is 11.4. The van der Waals surface area contributed by atoms with Crippen molar-refractivity contribution in [2.24, 2.45) is 0 Å². The highest BCUT2D eigenvalue weighted by atomic mass is 32.1. The molecule has 0 heterocycles. The van der Waals surface area contributed by atoms with Gasteiger partial charge in [0.2, 0.25) is 0 Å². The van der Waals surface area contributed by atoms with E-state index in [0.717, 1.165) is 12.2 Å². The second kappa shape index (κ2) is 4.40. The Morgan fingerprint density at radius 2 is 1.92 bits per heavy atom. The highest BCUT2D eigenvalue weighted by Crippen LogP contribution is 2.27. The Balaban J connectivity index is 4.80. The molecule has 0 bridgehead atoms. The van der Waals surface area contributed by atoms with Gasteiger partial charge in [0.1, 0.15) is 0 Å². The maximum Gasteiger partial charge on any atom is 0.416 e. The summed E-state index contributed by atoms with van der Waals surface area (Å²) in [5.74, 6) is 0. The topological polar surface area (TPSA) is 0 Å².